The van der Waals surface area contributed by atoms with Crippen molar-refractivity contribution in [2.75, 3.05) is 10.6 Å². The first kappa shape index (κ1) is 12.0. The molecule has 1 saturated carbocycles. The second-order valence-electron chi connectivity index (χ2n) is 5.09. The Hall–Kier alpha value is -2.76. The summed E-state index contributed by atoms with van der Waals surface area (Å²) in [7, 11) is 0. The molecule has 104 valence electrons. The number of para-hydroxylation sites is 1. The number of nitrogens with one attached hydrogen (secondary N) is 2. The van der Waals surface area contributed by atoms with Crippen LogP contribution in [-0.4, -0.2) is 26.2 Å². The molecule has 4 rings (SSSR count). The molecule has 0 unspecified atom stereocenters. The highest BCUT2D eigenvalue weighted by Crippen LogP contribution is 2.25. The van der Waals surface area contributed by atoms with Crippen LogP contribution in [0.4, 0.5) is 17.5 Å². The maximum atomic E-state index is 4.43. The predicted molar refractivity (Wildman–Crippen MR) is 81.5 cm³/mol. The van der Waals surface area contributed by atoms with Crippen molar-refractivity contribution in [1.82, 2.24) is 20.2 Å². The first-order valence-electron chi connectivity index (χ1n) is 6.95. The zero-order valence-corrected chi connectivity index (χ0v) is 11.3. The van der Waals surface area contributed by atoms with E-state index in [1.54, 1.807) is 12.4 Å². The Labute approximate surface area is 121 Å². The molecule has 2 heterocycles. The predicted octanol–water partition coefficient (Wildman–Crippen LogP) is 2.74. The van der Waals surface area contributed by atoms with Crippen molar-refractivity contribution in [3.63, 3.8) is 0 Å². The van der Waals surface area contributed by atoms with Gasteiger partial charge in [0.25, 0.3) is 0 Å². The van der Waals surface area contributed by atoms with Gasteiger partial charge in [0.15, 0.2) is 5.82 Å². The molecule has 6 nitrogen and oxygen atoms in total. The zero-order valence-electron chi connectivity index (χ0n) is 11.3. The van der Waals surface area contributed by atoms with Gasteiger partial charge in [0.05, 0.1) is 17.4 Å². The Bertz CT molecular complexity index is 778. The van der Waals surface area contributed by atoms with Crippen LogP contribution in [0.1, 0.15) is 12.8 Å². The van der Waals surface area contributed by atoms with E-state index in [0.717, 1.165) is 16.6 Å². The van der Waals surface area contributed by atoms with Crippen molar-refractivity contribution in [3.8, 4) is 0 Å². The fourth-order valence-electron chi connectivity index (χ4n) is 2.18. The van der Waals surface area contributed by atoms with Gasteiger partial charge in [-0.25, -0.2) is 0 Å². The topological polar surface area (TPSA) is 75.6 Å². The standard InChI is InChI=1S/C15H14N6/c1-3-10-4-2-8-16-14(10)12(5-1)19-13-9-17-21-15(20-13)18-11-6-7-11/h1-5,8-9,11H,6-7H2,(H2,18,19,20,21). The van der Waals surface area contributed by atoms with Gasteiger partial charge in [-0.2, -0.15) is 10.1 Å². The number of fused-ring (bicyclic) bond motifs is 1. The number of pyridine rings is 1. The van der Waals surface area contributed by atoms with Crippen molar-refractivity contribution in [2.24, 2.45) is 0 Å². The van der Waals surface area contributed by atoms with Gasteiger partial charge >= 0.3 is 0 Å². The Balaban J connectivity index is 1.64. The average Bonchev–Trinajstić information content (AvgIpc) is 3.32. The van der Waals surface area contributed by atoms with Gasteiger partial charge in [0, 0.05) is 17.6 Å². The van der Waals surface area contributed by atoms with E-state index in [0.29, 0.717) is 17.8 Å². The van der Waals surface area contributed by atoms with Crippen LogP contribution in [0.25, 0.3) is 10.9 Å². The Morgan fingerprint density at radius 1 is 1.10 bits per heavy atom. The lowest BCUT2D eigenvalue weighted by molar-refractivity contribution is 0.947. The molecule has 3 aromatic rings. The molecule has 0 saturated heterocycles. The molecule has 1 fully saturated rings. The number of anilines is 3. The number of aromatic nitrogens is 4. The summed E-state index contributed by atoms with van der Waals surface area (Å²) in [5.74, 6) is 1.22. The molecule has 0 spiro atoms. The highest BCUT2D eigenvalue weighted by atomic mass is 15.3. The van der Waals surface area contributed by atoms with Gasteiger partial charge < -0.3 is 10.6 Å². The van der Waals surface area contributed by atoms with Gasteiger partial charge in [-0.05, 0) is 25.0 Å². The number of rotatable bonds is 4. The summed E-state index contributed by atoms with van der Waals surface area (Å²) in [6.07, 6.45) is 5.74. The van der Waals surface area contributed by atoms with Crippen molar-refractivity contribution in [2.45, 2.75) is 18.9 Å². The van der Waals surface area contributed by atoms with E-state index in [4.69, 9.17) is 0 Å². The normalized spacial score (nSPS) is 14.1. The summed E-state index contributed by atoms with van der Waals surface area (Å²) in [6.45, 7) is 0. The fraction of sp³-hybridized carbons (Fsp3) is 0.200. The highest BCUT2D eigenvalue weighted by molar-refractivity contribution is 5.91. The quantitative estimate of drug-likeness (QED) is 0.764. The van der Waals surface area contributed by atoms with Crippen molar-refractivity contribution in [3.05, 3.63) is 42.7 Å². The molecule has 0 amide bonds. The molecule has 1 aromatic carbocycles. The first-order chi connectivity index (χ1) is 10.4. The summed E-state index contributed by atoms with van der Waals surface area (Å²) < 4.78 is 0. The van der Waals surface area contributed by atoms with Gasteiger partial charge in [-0.3, -0.25) is 4.98 Å². The number of hydrogen-bond donors (Lipinski definition) is 2. The first-order valence-corrected chi connectivity index (χ1v) is 6.95. The van der Waals surface area contributed by atoms with Gasteiger partial charge in [-0.15, -0.1) is 5.10 Å². The summed E-state index contributed by atoms with van der Waals surface area (Å²) in [5.41, 5.74) is 1.82. The van der Waals surface area contributed by atoms with Crippen molar-refractivity contribution >= 4 is 28.4 Å². The summed E-state index contributed by atoms with van der Waals surface area (Å²) in [6, 6.07) is 10.5. The Morgan fingerprint density at radius 3 is 2.90 bits per heavy atom. The Kier molecular flexibility index (Phi) is 2.85. The van der Waals surface area contributed by atoms with Crippen LogP contribution in [0.15, 0.2) is 42.7 Å². The van der Waals surface area contributed by atoms with Crippen LogP contribution >= 0.6 is 0 Å². The SMILES string of the molecule is c1cnc2c(Nc3cnnc(NC4CC4)n3)cccc2c1. The van der Waals surface area contributed by atoms with E-state index in [1.165, 1.54) is 12.8 Å². The van der Waals surface area contributed by atoms with E-state index < -0.39 is 0 Å². The minimum Gasteiger partial charge on any atom is -0.350 e. The summed E-state index contributed by atoms with van der Waals surface area (Å²) >= 11 is 0. The third-order valence-electron chi connectivity index (χ3n) is 3.36. The van der Waals surface area contributed by atoms with Crippen LogP contribution in [0.2, 0.25) is 0 Å². The number of nitrogens with zero attached hydrogens (tertiary/aromatic N) is 4. The monoisotopic (exact) mass is 278 g/mol. The molecule has 6 heteroatoms. The molecule has 1 aliphatic carbocycles. The lowest BCUT2D eigenvalue weighted by Gasteiger charge is -2.09. The maximum absolute atomic E-state index is 4.43. The molecule has 0 bridgehead atoms. The Morgan fingerprint density at radius 2 is 2.00 bits per heavy atom. The zero-order chi connectivity index (χ0) is 14.1. The number of hydrogen-bond acceptors (Lipinski definition) is 6. The smallest absolute Gasteiger partial charge is 0.244 e. The van der Waals surface area contributed by atoms with Crippen LogP contribution < -0.4 is 10.6 Å². The van der Waals surface area contributed by atoms with Crippen LogP contribution in [0, 0.1) is 0 Å². The third-order valence-corrected chi connectivity index (χ3v) is 3.36. The van der Waals surface area contributed by atoms with Gasteiger partial charge in [0.2, 0.25) is 5.95 Å². The molecular weight excluding hydrogens is 264 g/mol. The van der Waals surface area contributed by atoms with E-state index in [1.807, 2.05) is 30.3 Å². The van der Waals surface area contributed by atoms with Gasteiger partial charge in [-0.1, -0.05) is 18.2 Å². The van der Waals surface area contributed by atoms with Gasteiger partial charge in [0.1, 0.15) is 0 Å². The van der Waals surface area contributed by atoms with Crippen LogP contribution in [0.5, 0.6) is 0 Å². The minimum absolute atomic E-state index is 0.501. The lowest BCUT2D eigenvalue weighted by Crippen LogP contribution is -2.07. The molecule has 2 N–H and O–H groups in total. The van der Waals surface area contributed by atoms with E-state index in [2.05, 4.69) is 30.8 Å². The minimum atomic E-state index is 0.501. The number of benzene rings is 1. The highest BCUT2D eigenvalue weighted by Gasteiger charge is 2.22. The van der Waals surface area contributed by atoms with Crippen molar-refractivity contribution in [1.29, 1.82) is 0 Å². The molecule has 0 radical (unpaired) electrons. The summed E-state index contributed by atoms with van der Waals surface area (Å²) in [5, 5.41) is 15.6. The summed E-state index contributed by atoms with van der Waals surface area (Å²) in [4.78, 5) is 8.85. The van der Waals surface area contributed by atoms with E-state index in [9.17, 15) is 0 Å². The van der Waals surface area contributed by atoms with Crippen LogP contribution in [0.3, 0.4) is 0 Å². The fourth-order valence-corrected chi connectivity index (χ4v) is 2.18. The largest absolute Gasteiger partial charge is 0.350 e. The third kappa shape index (κ3) is 2.60. The maximum Gasteiger partial charge on any atom is 0.244 e. The molecule has 0 aliphatic heterocycles. The average molecular weight is 278 g/mol. The second-order valence-corrected chi connectivity index (χ2v) is 5.09. The lowest BCUT2D eigenvalue weighted by atomic mass is 10.2. The second kappa shape index (κ2) is 4.97. The molecule has 1 aliphatic rings. The van der Waals surface area contributed by atoms with E-state index >= 15 is 0 Å². The van der Waals surface area contributed by atoms with E-state index in [-0.39, 0.29) is 0 Å². The molecular formula is C15H14N6. The molecule has 2 aromatic heterocycles. The molecule has 0 atom stereocenters. The van der Waals surface area contributed by atoms with Crippen LogP contribution in [-0.2, 0) is 0 Å². The van der Waals surface area contributed by atoms with Crippen molar-refractivity contribution < 1.29 is 0 Å². The molecule has 21 heavy (non-hydrogen) atoms.